The molecule has 0 unspecified atom stereocenters. The lowest BCUT2D eigenvalue weighted by Crippen LogP contribution is -2.57. The molecule has 4 N–H and O–H groups in total. The van der Waals surface area contributed by atoms with Crippen molar-refractivity contribution in [3.8, 4) is 11.1 Å². The molecule has 1 aromatic heterocycles. The normalized spacial score (nSPS) is 13.2. The monoisotopic (exact) mass is 593 g/mol. The van der Waals surface area contributed by atoms with Crippen molar-refractivity contribution in [1.29, 1.82) is 0 Å². The van der Waals surface area contributed by atoms with Crippen molar-refractivity contribution >= 4 is 17.5 Å². The molecular weight excluding hydrogens is 563 g/mol. The summed E-state index contributed by atoms with van der Waals surface area (Å²) in [5, 5.41) is 31.5. The number of aryl methyl sites for hydroxylation is 1. The van der Waals surface area contributed by atoms with Crippen LogP contribution in [-0.2, 0) is 19.3 Å². The number of fused-ring (bicyclic) bond motifs is 2. The fraction of sp³-hybridized carbons (Fsp3) is 0.250. The first kappa shape index (κ1) is 30.0. The number of benzene rings is 3. The fourth-order valence-corrected chi connectivity index (χ4v) is 5.33. The van der Waals surface area contributed by atoms with E-state index >= 15 is 0 Å². The number of para-hydroxylation sites is 1. The molecule has 43 heavy (non-hydrogen) atoms. The highest BCUT2D eigenvalue weighted by Gasteiger charge is 2.35. The summed E-state index contributed by atoms with van der Waals surface area (Å²) >= 11 is 0. The smallest absolute Gasteiger partial charge is 0.394 e. The van der Waals surface area contributed by atoms with Crippen molar-refractivity contribution in [1.82, 2.24) is 9.88 Å². The fourth-order valence-electron chi connectivity index (χ4n) is 5.33. The van der Waals surface area contributed by atoms with E-state index < -0.39 is 43.0 Å². The SMILES string of the molecule is Cc1cc(C(=O)N2Cc3ccc(C(=O)NC(CO)(CO)CO)n3Cc3ccccc32)ccc1-c1ccccc1C(F)(F)F. The van der Waals surface area contributed by atoms with Crippen LogP contribution in [-0.4, -0.2) is 57.1 Å². The van der Waals surface area contributed by atoms with E-state index in [4.69, 9.17) is 0 Å². The van der Waals surface area contributed by atoms with E-state index in [-0.39, 0.29) is 35.8 Å². The number of hydrogen-bond donors (Lipinski definition) is 4. The summed E-state index contributed by atoms with van der Waals surface area (Å²) in [7, 11) is 0. The maximum Gasteiger partial charge on any atom is 0.417 e. The van der Waals surface area contributed by atoms with E-state index in [1.807, 2.05) is 6.07 Å². The maximum absolute atomic E-state index is 14.0. The molecule has 0 atom stereocenters. The number of carbonyl (C=O) groups excluding carboxylic acids is 2. The Morgan fingerprint density at radius 1 is 0.837 bits per heavy atom. The standard InChI is InChI=1S/C32H30F3N3O5/c1-20-14-21(10-12-24(20)25-7-3-4-8-26(25)32(33,34)35)30(43)38-16-23-11-13-28(29(42)36-31(17-39,18-40)19-41)37(23)15-22-6-2-5-9-27(22)38/h2-14,39-41H,15-19H2,1H3,(H,36,42). The average molecular weight is 594 g/mol. The lowest BCUT2D eigenvalue weighted by atomic mass is 9.94. The minimum absolute atomic E-state index is 0.0304. The molecule has 2 heterocycles. The van der Waals surface area contributed by atoms with Gasteiger partial charge in [-0.15, -0.1) is 0 Å². The van der Waals surface area contributed by atoms with Gasteiger partial charge in [0.1, 0.15) is 11.2 Å². The predicted molar refractivity (Wildman–Crippen MR) is 154 cm³/mol. The highest BCUT2D eigenvalue weighted by atomic mass is 19.4. The molecule has 3 aromatic carbocycles. The van der Waals surface area contributed by atoms with Gasteiger partial charge in [0.05, 0.1) is 38.5 Å². The molecule has 0 fully saturated rings. The van der Waals surface area contributed by atoms with Gasteiger partial charge in [-0.3, -0.25) is 9.59 Å². The Bertz CT molecular complexity index is 1670. The van der Waals surface area contributed by atoms with Gasteiger partial charge in [-0.2, -0.15) is 13.2 Å². The molecule has 4 aromatic rings. The maximum atomic E-state index is 14.0. The Morgan fingerprint density at radius 3 is 2.19 bits per heavy atom. The summed E-state index contributed by atoms with van der Waals surface area (Å²) in [5.41, 5.74) is 1.02. The number of aliphatic hydroxyl groups is 3. The second-order valence-corrected chi connectivity index (χ2v) is 10.6. The second-order valence-electron chi connectivity index (χ2n) is 10.6. The zero-order valence-electron chi connectivity index (χ0n) is 23.2. The van der Waals surface area contributed by atoms with Gasteiger partial charge in [-0.25, -0.2) is 0 Å². The van der Waals surface area contributed by atoms with Crippen molar-refractivity contribution < 1.29 is 38.1 Å². The number of carbonyl (C=O) groups is 2. The highest BCUT2D eigenvalue weighted by molar-refractivity contribution is 6.07. The van der Waals surface area contributed by atoms with Crippen LogP contribution in [0.4, 0.5) is 18.9 Å². The molecule has 0 radical (unpaired) electrons. The third-order valence-electron chi connectivity index (χ3n) is 7.76. The molecule has 5 rings (SSSR count). The molecule has 8 nitrogen and oxygen atoms in total. The summed E-state index contributed by atoms with van der Waals surface area (Å²) in [4.78, 5) is 28.7. The van der Waals surface area contributed by atoms with E-state index in [0.29, 0.717) is 22.5 Å². The molecule has 0 saturated heterocycles. The molecule has 0 saturated carbocycles. The lowest BCUT2D eigenvalue weighted by Gasteiger charge is -2.28. The number of aliphatic hydroxyl groups excluding tert-OH is 3. The van der Waals surface area contributed by atoms with Gasteiger partial charge in [0, 0.05) is 16.9 Å². The van der Waals surface area contributed by atoms with Crippen LogP contribution in [0.15, 0.2) is 78.9 Å². The van der Waals surface area contributed by atoms with Crippen LogP contribution in [0.2, 0.25) is 0 Å². The Balaban J connectivity index is 1.50. The summed E-state index contributed by atoms with van der Waals surface area (Å²) in [6, 6.07) is 20.4. The molecule has 11 heteroatoms. The Morgan fingerprint density at radius 2 is 1.51 bits per heavy atom. The number of alkyl halides is 3. The molecule has 0 aliphatic carbocycles. The molecule has 1 aliphatic heterocycles. The van der Waals surface area contributed by atoms with Crippen LogP contribution in [0.3, 0.4) is 0 Å². The highest BCUT2D eigenvalue weighted by Crippen LogP contribution is 2.38. The quantitative estimate of drug-likeness (QED) is 0.257. The first-order chi connectivity index (χ1) is 20.5. The van der Waals surface area contributed by atoms with Crippen molar-refractivity contribution in [2.45, 2.75) is 31.7 Å². The summed E-state index contributed by atoms with van der Waals surface area (Å²) in [5.74, 6) is -0.988. The van der Waals surface area contributed by atoms with Crippen molar-refractivity contribution in [3.63, 3.8) is 0 Å². The van der Waals surface area contributed by atoms with Crippen molar-refractivity contribution in [2.24, 2.45) is 0 Å². The van der Waals surface area contributed by atoms with Crippen LogP contribution in [0, 0.1) is 6.92 Å². The zero-order chi connectivity index (χ0) is 30.9. The number of rotatable bonds is 7. The molecule has 2 amide bonds. The molecule has 224 valence electrons. The van der Waals surface area contributed by atoms with Crippen LogP contribution in [0.25, 0.3) is 11.1 Å². The van der Waals surface area contributed by atoms with Crippen molar-refractivity contribution in [3.05, 3.63) is 113 Å². The average Bonchev–Trinajstić information content (AvgIpc) is 3.32. The first-order valence-electron chi connectivity index (χ1n) is 13.5. The Hall–Kier alpha value is -4.45. The van der Waals surface area contributed by atoms with Gasteiger partial charge in [0.15, 0.2) is 0 Å². The number of nitrogens with zero attached hydrogens (tertiary/aromatic N) is 2. The lowest BCUT2D eigenvalue weighted by molar-refractivity contribution is -0.137. The number of amides is 2. The molecule has 0 spiro atoms. The third-order valence-corrected chi connectivity index (χ3v) is 7.76. The van der Waals surface area contributed by atoms with Crippen LogP contribution in [0.1, 0.15) is 43.2 Å². The van der Waals surface area contributed by atoms with Crippen LogP contribution < -0.4 is 10.2 Å². The number of anilines is 1. The van der Waals surface area contributed by atoms with Gasteiger partial charge in [-0.1, -0.05) is 42.5 Å². The Labute approximate surface area is 245 Å². The first-order valence-corrected chi connectivity index (χ1v) is 13.5. The van der Waals surface area contributed by atoms with Gasteiger partial charge in [0.2, 0.25) is 0 Å². The molecular formula is C32H30F3N3O5. The van der Waals surface area contributed by atoms with E-state index in [2.05, 4.69) is 5.32 Å². The van der Waals surface area contributed by atoms with Gasteiger partial charge in [-0.05, 0) is 65.6 Å². The molecule has 0 bridgehead atoms. The van der Waals surface area contributed by atoms with E-state index in [1.165, 1.54) is 30.3 Å². The van der Waals surface area contributed by atoms with Gasteiger partial charge in [0.25, 0.3) is 11.8 Å². The topological polar surface area (TPSA) is 115 Å². The van der Waals surface area contributed by atoms with Gasteiger partial charge < -0.3 is 30.1 Å². The minimum Gasteiger partial charge on any atom is -0.394 e. The van der Waals surface area contributed by atoms with Crippen LogP contribution in [0.5, 0.6) is 0 Å². The zero-order valence-corrected chi connectivity index (χ0v) is 23.2. The predicted octanol–water partition coefficient (Wildman–Crippen LogP) is 4.14. The number of nitrogens with one attached hydrogen (secondary N) is 1. The van der Waals surface area contributed by atoms with Gasteiger partial charge >= 0.3 is 6.18 Å². The second kappa shape index (κ2) is 11.7. The number of aromatic nitrogens is 1. The summed E-state index contributed by atoms with van der Waals surface area (Å²) in [6.45, 7) is -0.0380. The largest absolute Gasteiger partial charge is 0.417 e. The van der Waals surface area contributed by atoms with E-state index in [9.17, 15) is 38.1 Å². The minimum atomic E-state index is -4.53. The summed E-state index contributed by atoms with van der Waals surface area (Å²) in [6.07, 6.45) is -4.53. The van der Waals surface area contributed by atoms with Crippen molar-refractivity contribution in [2.75, 3.05) is 24.7 Å². The van der Waals surface area contributed by atoms with E-state index in [1.54, 1.807) is 52.8 Å². The van der Waals surface area contributed by atoms with E-state index in [0.717, 1.165) is 11.6 Å². The molecule has 1 aliphatic rings. The van der Waals surface area contributed by atoms with Crippen LogP contribution >= 0.6 is 0 Å². The third kappa shape index (κ3) is 5.66. The number of hydrogen-bond acceptors (Lipinski definition) is 5. The Kier molecular flexibility index (Phi) is 8.15. The number of halogens is 3. The summed E-state index contributed by atoms with van der Waals surface area (Å²) < 4.78 is 42.8.